The van der Waals surface area contributed by atoms with Gasteiger partial charge in [0.25, 0.3) is 5.56 Å². The summed E-state index contributed by atoms with van der Waals surface area (Å²) in [5.74, 6) is 0.467. The number of amides is 1. The first-order chi connectivity index (χ1) is 14.9. The number of hydrogen-bond donors (Lipinski definition) is 2. The second-order valence-corrected chi connectivity index (χ2v) is 7.68. The summed E-state index contributed by atoms with van der Waals surface area (Å²) in [5.41, 5.74) is 1.87. The number of fused-ring (bicyclic) bond motifs is 3. The van der Waals surface area contributed by atoms with E-state index >= 15 is 0 Å². The zero-order valence-corrected chi connectivity index (χ0v) is 17.9. The van der Waals surface area contributed by atoms with Gasteiger partial charge in [0.2, 0.25) is 16.5 Å². The van der Waals surface area contributed by atoms with Crippen molar-refractivity contribution in [2.24, 2.45) is 0 Å². The zero-order valence-electron chi connectivity index (χ0n) is 17.1. The second-order valence-electron chi connectivity index (χ2n) is 7.29. The molecule has 0 aliphatic rings. The molecule has 0 saturated heterocycles. The van der Waals surface area contributed by atoms with Crippen molar-refractivity contribution in [1.29, 1.82) is 0 Å². The minimum atomic E-state index is -0.504. The zero-order chi connectivity index (χ0) is 22.1. The number of H-pyrrole nitrogens is 1. The van der Waals surface area contributed by atoms with Gasteiger partial charge in [-0.2, -0.15) is 0 Å². The van der Waals surface area contributed by atoms with Gasteiger partial charge in [-0.05, 0) is 57.1 Å². The van der Waals surface area contributed by atoms with E-state index in [2.05, 4.69) is 20.7 Å². The third kappa shape index (κ3) is 4.00. The van der Waals surface area contributed by atoms with Crippen LogP contribution in [0, 0.1) is 24.4 Å². The number of aromatic nitrogens is 5. The fraction of sp³-hybridized carbons (Fsp3) is 0.350. The molecule has 0 spiro atoms. The molecule has 0 atom stereocenters. The molecule has 0 fully saturated rings. The van der Waals surface area contributed by atoms with Gasteiger partial charge in [-0.15, -0.1) is 5.10 Å². The molecule has 0 bridgehead atoms. The Labute approximate surface area is 180 Å². The highest BCUT2D eigenvalue weighted by molar-refractivity contribution is 7.71. The molecule has 31 heavy (non-hydrogen) atoms. The molecule has 2 N–H and O–H groups in total. The van der Waals surface area contributed by atoms with Crippen molar-refractivity contribution in [2.45, 2.75) is 39.7 Å². The van der Waals surface area contributed by atoms with E-state index in [4.69, 9.17) is 16.7 Å². The summed E-state index contributed by atoms with van der Waals surface area (Å²) in [4.78, 5) is 25.1. The average molecular weight is 444 g/mol. The molecule has 1 aromatic carbocycles. The van der Waals surface area contributed by atoms with E-state index in [0.717, 1.165) is 17.0 Å². The number of hydrogen-bond acceptors (Lipinski definition) is 6. The van der Waals surface area contributed by atoms with Crippen LogP contribution in [0.25, 0.3) is 16.7 Å². The number of carbonyl (C=O) groups is 1. The molecule has 4 aromatic rings. The summed E-state index contributed by atoms with van der Waals surface area (Å²) >= 11 is 5.27. The standard InChI is InChI=1S/C20H21FN6O3S/c1-11-14(12(2)30-25-11)5-7-17(28)22-8-3-9-26-18(29)15-10-13(21)4-6-16(15)27-19(26)23-24-20(27)31/h4,6,10H,3,5,7-9H2,1-2H3,(H,22,28)(H,24,31). The minimum Gasteiger partial charge on any atom is -0.361 e. The summed E-state index contributed by atoms with van der Waals surface area (Å²) in [6.07, 6.45) is 1.36. The van der Waals surface area contributed by atoms with Gasteiger partial charge >= 0.3 is 0 Å². The molecular formula is C20H21FN6O3S. The minimum absolute atomic E-state index is 0.0972. The number of nitrogens with zero attached hydrogens (tertiary/aromatic N) is 4. The van der Waals surface area contributed by atoms with Crippen LogP contribution in [0.3, 0.4) is 0 Å². The van der Waals surface area contributed by atoms with E-state index in [0.29, 0.717) is 48.4 Å². The monoisotopic (exact) mass is 444 g/mol. The second kappa shape index (κ2) is 8.42. The molecule has 162 valence electrons. The smallest absolute Gasteiger partial charge is 0.262 e. The molecule has 9 nitrogen and oxygen atoms in total. The lowest BCUT2D eigenvalue weighted by atomic mass is 10.1. The van der Waals surface area contributed by atoms with E-state index in [1.54, 1.807) is 4.40 Å². The fourth-order valence-corrected chi connectivity index (χ4v) is 3.88. The van der Waals surface area contributed by atoms with E-state index in [9.17, 15) is 14.0 Å². The van der Waals surface area contributed by atoms with Crippen LogP contribution in [0.2, 0.25) is 0 Å². The number of aryl methyl sites for hydroxylation is 3. The first-order valence-corrected chi connectivity index (χ1v) is 10.3. The van der Waals surface area contributed by atoms with Crippen LogP contribution >= 0.6 is 12.2 Å². The van der Waals surface area contributed by atoms with Gasteiger partial charge in [0.15, 0.2) is 0 Å². The van der Waals surface area contributed by atoms with Crippen molar-refractivity contribution in [3.05, 3.63) is 56.2 Å². The summed E-state index contributed by atoms with van der Waals surface area (Å²) in [6.45, 7) is 4.34. The Balaban J connectivity index is 1.44. The van der Waals surface area contributed by atoms with Crippen molar-refractivity contribution in [2.75, 3.05) is 6.54 Å². The number of carbonyl (C=O) groups excluding carboxylic acids is 1. The van der Waals surface area contributed by atoms with Crippen LogP contribution in [0.4, 0.5) is 4.39 Å². The molecular weight excluding hydrogens is 423 g/mol. The van der Waals surface area contributed by atoms with Gasteiger partial charge in [0.05, 0.1) is 16.6 Å². The number of halogens is 1. The normalized spacial score (nSPS) is 11.5. The number of nitrogens with one attached hydrogen (secondary N) is 2. The molecule has 3 aromatic heterocycles. The average Bonchev–Trinajstić information content (AvgIpc) is 3.28. The first kappa shape index (κ1) is 20.9. The van der Waals surface area contributed by atoms with Crippen LogP contribution in [0.5, 0.6) is 0 Å². The van der Waals surface area contributed by atoms with Gasteiger partial charge in [-0.25, -0.2) is 9.49 Å². The summed E-state index contributed by atoms with van der Waals surface area (Å²) in [7, 11) is 0. The molecule has 0 unspecified atom stereocenters. The van der Waals surface area contributed by atoms with Crippen LogP contribution < -0.4 is 10.9 Å². The molecule has 0 saturated carbocycles. The van der Waals surface area contributed by atoms with Crippen molar-refractivity contribution in [3.63, 3.8) is 0 Å². The third-order valence-corrected chi connectivity index (χ3v) is 5.51. The lowest BCUT2D eigenvalue weighted by Crippen LogP contribution is -2.28. The van der Waals surface area contributed by atoms with Crippen LogP contribution in [0.15, 0.2) is 27.5 Å². The van der Waals surface area contributed by atoms with Crippen LogP contribution in [-0.2, 0) is 17.8 Å². The highest BCUT2D eigenvalue weighted by Gasteiger charge is 2.14. The van der Waals surface area contributed by atoms with Crippen LogP contribution in [0.1, 0.15) is 29.9 Å². The Kier molecular flexibility index (Phi) is 5.68. The van der Waals surface area contributed by atoms with Crippen molar-refractivity contribution < 1.29 is 13.7 Å². The summed E-state index contributed by atoms with van der Waals surface area (Å²) in [6, 6.07) is 3.98. The number of rotatable bonds is 7. The predicted octanol–water partition coefficient (Wildman–Crippen LogP) is 2.59. The summed E-state index contributed by atoms with van der Waals surface area (Å²) < 4.78 is 22.2. The maximum Gasteiger partial charge on any atom is 0.262 e. The predicted molar refractivity (Wildman–Crippen MR) is 114 cm³/mol. The Morgan fingerprint density at radius 3 is 2.90 bits per heavy atom. The molecule has 3 heterocycles. The lowest BCUT2D eigenvalue weighted by molar-refractivity contribution is -0.121. The molecule has 0 radical (unpaired) electrons. The molecule has 4 rings (SSSR count). The van der Waals surface area contributed by atoms with Crippen molar-refractivity contribution in [1.82, 2.24) is 29.6 Å². The van der Waals surface area contributed by atoms with E-state index in [-0.39, 0.29) is 16.9 Å². The first-order valence-electron chi connectivity index (χ1n) is 9.84. The molecule has 0 aliphatic carbocycles. The quantitative estimate of drug-likeness (QED) is 0.335. The van der Waals surface area contributed by atoms with Crippen molar-refractivity contribution >= 4 is 34.8 Å². The maximum absolute atomic E-state index is 13.7. The SMILES string of the molecule is Cc1noc(C)c1CCC(=O)NCCCn1c(=O)c2cc(F)ccc2n2c(=S)[nH]nc12. The van der Waals surface area contributed by atoms with Gasteiger partial charge < -0.3 is 9.84 Å². The highest BCUT2D eigenvalue weighted by Crippen LogP contribution is 2.15. The third-order valence-electron chi connectivity index (χ3n) is 5.24. The van der Waals surface area contributed by atoms with Gasteiger partial charge in [-0.1, -0.05) is 5.16 Å². The molecule has 1 amide bonds. The topological polar surface area (TPSA) is 110 Å². The van der Waals surface area contributed by atoms with E-state index < -0.39 is 5.82 Å². The largest absolute Gasteiger partial charge is 0.361 e. The van der Waals surface area contributed by atoms with Gasteiger partial charge in [-0.3, -0.25) is 18.6 Å². The van der Waals surface area contributed by atoms with E-state index in [1.165, 1.54) is 22.8 Å². The van der Waals surface area contributed by atoms with Gasteiger partial charge in [0, 0.05) is 25.1 Å². The molecule has 0 aliphatic heterocycles. The van der Waals surface area contributed by atoms with Crippen molar-refractivity contribution in [3.8, 4) is 0 Å². The Morgan fingerprint density at radius 1 is 1.35 bits per heavy atom. The number of aromatic amines is 1. The maximum atomic E-state index is 13.7. The Hall–Kier alpha value is -3.34. The summed E-state index contributed by atoms with van der Waals surface area (Å²) in [5, 5.41) is 13.8. The lowest BCUT2D eigenvalue weighted by Gasteiger charge is -2.11. The highest BCUT2D eigenvalue weighted by atomic mass is 32.1. The Morgan fingerprint density at radius 2 is 2.16 bits per heavy atom. The molecule has 11 heteroatoms. The van der Waals surface area contributed by atoms with E-state index in [1.807, 2.05) is 13.8 Å². The Bertz CT molecular complexity index is 1380. The van der Waals surface area contributed by atoms with Crippen LogP contribution in [-0.4, -0.2) is 36.8 Å². The van der Waals surface area contributed by atoms with Gasteiger partial charge in [0.1, 0.15) is 11.6 Å². The fourth-order valence-electron chi connectivity index (χ4n) is 3.65. The number of benzene rings is 1.